The first kappa shape index (κ1) is 22.7. The van der Waals surface area contributed by atoms with Gasteiger partial charge in [0.15, 0.2) is 4.87 Å². The first-order valence-electron chi connectivity index (χ1n) is 9.33. The lowest BCUT2D eigenvalue weighted by Gasteiger charge is -2.24. The number of fused-ring (bicyclic) bond motifs is 1. The minimum absolute atomic E-state index is 0.0429. The quantitative estimate of drug-likeness (QED) is 0.404. The molecular formula is C23H15Cl4NO4. The molecule has 3 aromatic rings. The maximum atomic E-state index is 13.8. The van der Waals surface area contributed by atoms with Gasteiger partial charge in [-0.15, -0.1) is 0 Å². The summed E-state index contributed by atoms with van der Waals surface area (Å²) < 4.78 is 5.41. The SMILES string of the molecule is COc1cc(Cl)ccc1CN1C(=O)C(Cl)(c2cc(C(=O)O)ccc2Cl)c2cc(Cl)ccc21. The minimum Gasteiger partial charge on any atom is -0.496 e. The van der Waals surface area contributed by atoms with Gasteiger partial charge in [0, 0.05) is 31.8 Å². The largest absolute Gasteiger partial charge is 0.496 e. The van der Waals surface area contributed by atoms with Crippen molar-refractivity contribution >= 4 is 64.0 Å². The van der Waals surface area contributed by atoms with Crippen LogP contribution in [-0.2, 0) is 16.2 Å². The number of benzene rings is 3. The molecule has 164 valence electrons. The number of hydrogen-bond acceptors (Lipinski definition) is 3. The highest BCUT2D eigenvalue weighted by Crippen LogP contribution is 2.52. The van der Waals surface area contributed by atoms with E-state index in [1.807, 2.05) is 0 Å². The first-order valence-corrected chi connectivity index (χ1v) is 10.8. The van der Waals surface area contributed by atoms with Crippen LogP contribution >= 0.6 is 46.4 Å². The molecule has 4 rings (SSSR count). The Bertz CT molecular complexity index is 1260. The minimum atomic E-state index is -1.76. The predicted octanol–water partition coefficient (Wildman–Crippen LogP) is 6.38. The molecule has 5 nitrogen and oxygen atoms in total. The molecular weight excluding hydrogens is 496 g/mol. The molecule has 0 spiro atoms. The molecule has 0 radical (unpaired) electrons. The van der Waals surface area contributed by atoms with E-state index in [0.717, 1.165) is 0 Å². The Morgan fingerprint density at radius 1 is 1.00 bits per heavy atom. The second-order valence-electron chi connectivity index (χ2n) is 7.17. The molecule has 3 aromatic carbocycles. The number of ether oxygens (including phenoxy) is 1. The van der Waals surface area contributed by atoms with Gasteiger partial charge in [0.1, 0.15) is 5.75 Å². The van der Waals surface area contributed by atoms with Gasteiger partial charge in [-0.2, -0.15) is 0 Å². The topological polar surface area (TPSA) is 66.8 Å². The summed E-state index contributed by atoms with van der Waals surface area (Å²) in [5.74, 6) is -1.14. The summed E-state index contributed by atoms with van der Waals surface area (Å²) in [4.78, 5) is 25.1. The number of anilines is 1. The Balaban J connectivity index is 1.89. The van der Waals surface area contributed by atoms with Crippen molar-refractivity contribution in [2.24, 2.45) is 0 Å². The molecule has 0 bridgehead atoms. The van der Waals surface area contributed by atoms with Gasteiger partial charge in [0.25, 0.3) is 5.91 Å². The van der Waals surface area contributed by atoms with Gasteiger partial charge < -0.3 is 14.7 Å². The van der Waals surface area contributed by atoms with Crippen LogP contribution in [0.2, 0.25) is 15.1 Å². The molecule has 0 aromatic heterocycles. The number of methoxy groups -OCH3 is 1. The summed E-state index contributed by atoms with van der Waals surface area (Å²) in [5, 5.41) is 10.5. The van der Waals surface area contributed by atoms with Gasteiger partial charge in [-0.3, -0.25) is 4.79 Å². The van der Waals surface area contributed by atoms with Crippen molar-refractivity contribution < 1.29 is 19.4 Å². The molecule has 1 aliphatic heterocycles. The van der Waals surface area contributed by atoms with Crippen LogP contribution in [0.3, 0.4) is 0 Å². The molecule has 32 heavy (non-hydrogen) atoms. The zero-order valence-corrected chi connectivity index (χ0v) is 19.6. The number of carboxylic acids is 1. The predicted molar refractivity (Wildman–Crippen MR) is 126 cm³/mol. The van der Waals surface area contributed by atoms with Crippen LogP contribution in [0.4, 0.5) is 5.69 Å². The van der Waals surface area contributed by atoms with E-state index in [4.69, 9.17) is 51.1 Å². The van der Waals surface area contributed by atoms with Gasteiger partial charge in [0.2, 0.25) is 0 Å². The summed E-state index contributed by atoms with van der Waals surface area (Å²) in [5.41, 5.74) is 1.77. The van der Waals surface area contributed by atoms with Crippen LogP contribution in [0.1, 0.15) is 27.0 Å². The van der Waals surface area contributed by atoms with Crippen molar-refractivity contribution in [1.82, 2.24) is 0 Å². The molecule has 9 heteroatoms. The molecule has 0 saturated heterocycles. The fraction of sp³-hybridized carbons (Fsp3) is 0.130. The molecule has 0 saturated carbocycles. The Morgan fingerprint density at radius 3 is 2.38 bits per heavy atom. The molecule has 1 N–H and O–H groups in total. The summed E-state index contributed by atoms with van der Waals surface area (Å²) >= 11 is 25.7. The third-order valence-corrected chi connectivity index (χ3v) is 6.69. The van der Waals surface area contributed by atoms with E-state index in [1.54, 1.807) is 36.4 Å². The monoisotopic (exact) mass is 509 g/mol. The number of hydrogen-bond donors (Lipinski definition) is 1. The molecule has 0 aliphatic carbocycles. The third kappa shape index (κ3) is 3.69. The Morgan fingerprint density at radius 2 is 1.69 bits per heavy atom. The molecule has 1 amide bonds. The van der Waals surface area contributed by atoms with Crippen molar-refractivity contribution in [1.29, 1.82) is 0 Å². The van der Waals surface area contributed by atoms with Crippen LogP contribution in [-0.4, -0.2) is 24.1 Å². The number of alkyl halides is 1. The molecule has 1 heterocycles. The number of amides is 1. The number of carboxylic acid groups (broad SMARTS) is 1. The molecule has 1 atom stereocenters. The third-order valence-electron chi connectivity index (χ3n) is 5.32. The average Bonchev–Trinajstić information content (AvgIpc) is 2.97. The van der Waals surface area contributed by atoms with E-state index < -0.39 is 16.8 Å². The molecule has 1 aliphatic rings. The van der Waals surface area contributed by atoms with Crippen molar-refractivity contribution in [3.8, 4) is 5.75 Å². The zero-order valence-electron chi connectivity index (χ0n) is 16.5. The maximum absolute atomic E-state index is 13.8. The van der Waals surface area contributed by atoms with Crippen molar-refractivity contribution in [3.05, 3.63) is 91.9 Å². The van der Waals surface area contributed by atoms with Gasteiger partial charge in [-0.1, -0.05) is 52.5 Å². The van der Waals surface area contributed by atoms with E-state index in [0.29, 0.717) is 32.6 Å². The second kappa shape index (κ2) is 8.49. The van der Waals surface area contributed by atoms with E-state index in [9.17, 15) is 14.7 Å². The van der Waals surface area contributed by atoms with Crippen molar-refractivity contribution in [2.75, 3.05) is 12.0 Å². The van der Waals surface area contributed by atoms with Gasteiger partial charge in [-0.05, 0) is 48.5 Å². The smallest absolute Gasteiger partial charge is 0.335 e. The normalized spacial score (nSPS) is 17.4. The number of carbonyl (C=O) groups is 2. The summed E-state index contributed by atoms with van der Waals surface area (Å²) in [6.45, 7) is 0.137. The zero-order chi connectivity index (χ0) is 23.2. The number of aromatic carboxylic acids is 1. The highest BCUT2D eigenvalue weighted by molar-refractivity contribution is 6.44. The lowest BCUT2D eigenvalue weighted by Crippen LogP contribution is -2.37. The number of rotatable bonds is 5. The lowest BCUT2D eigenvalue weighted by atomic mass is 9.90. The van der Waals surface area contributed by atoms with Crippen molar-refractivity contribution in [3.63, 3.8) is 0 Å². The van der Waals surface area contributed by atoms with E-state index in [2.05, 4.69) is 0 Å². The van der Waals surface area contributed by atoms with E-state index in [1.165, 1.54) is 30.2 Å². The number of nitrogens with zero attached hydrogens (tertiary/aromatic N) is 1. The van der Waals surface area contributed by atoms with Crippen LogP contribution in [0.25, 0.3) is 0 Å². The average molecular weight is 511 g/mol. The Hall–Kier alpha value is -2.44. The Kier molecular flexibility index (Phi) is 6.03. The fourth-order valence-corrected chi connectivity index (χ4v) is 4.84. The summed E-state index contributed by atoms with van der Waals surface area (Å²) in [6, 6.07) is 14.1. The van der Waals surface area contributed by atoms with Crippen LogP contribution < -0.4 is 9.64 Å². The van der Waals surface area contributed by atoms with Crippen LogP contribution in [0.15, 0.2) is 54.6 Å². The number of halogens is 4. The van der Waals surface area contributed by atoms with Crippen LogP contribution in [0, 0.1) is 0 Å². The Labute approximate surface area is 204 Å². The van der Waals surface area contributed by atoms with Gasteiger partial charge in [0.05, 0.1) is 24.9 Å². The first-order chi connectivity index (χ1) is 15.2. The van der Waals surface area contributed by atoms with Gasteiger partial charge in [-0.25, -0.2) is 4.79 Å². The highest BCUT2D eigenvalue weighted by atomic mass is 35.5. The van der Waals surface area contributed by atoms with E-state index >= 15 is 0 Å². The van der Waals surface area contributed by atoms with E-state index in [-0.39, 0.29) is 22.7 Å². The summed E-state index contributed by atoms with van der Waals surface area (Å²) in [6.07, 6.45) is 0. The highest BCUT2D eigenvalue weighted by Gasteiger charge is 2.52. The summed E-state index contributed by atoms with van der Waals surface area (Å²) in [7, 11) is 1.51. The van der Waals surface area contributed by atoms with Crippen molar-refractivity contribution in [2.45, 2.75) is 11.4 Å². The van der Waals surface area contributed by atoms with Crippen LogP contribution in [0.5, 0.6) is 5.75 Å². The number of carbonyl (C=O) groups excluding carboxylic acids is 1. The van der Waals surface area contributed by atoms with Gasteiger partial charge >= 0.3 is 5.97 Å². The molecule has 0 fully saturated rings. The molecule has 1 unspecified atom stereocenters. The second-order valence-corrected chi connectivity index (χ2v) is 9.01. The maximum Gasteiger partial charge on any atom is 0.335 e. The standard InChI is InChI=1S/C23H15Cl4NO4/c1-32-20-10-15(25)4-2-13(20)11-28-19-7-5-14(24)9-17(19)23(27,22(28)31)16-8-12(21(29)30)3-6-18(16)26/h2-10H,11H2,1H3,(H,29,30). The fourth-order valence-electron chi connectivity index (χ4n) is 3.79. The lowest BCUT2D eigenvalue weighted by molar-refractivity contribution is -0.119.